The number of rotatable bonds is 8. The minimum Gasteiger partial charge on any atom is -0.447 e. The van der Waals surface area contributed by atoms with Gasteiger partial charge >= 0.3 is 12.2 Å². The molecule has 2 heterocycles. The quantitative estimate of drug-likeness (QED) is 0.319. The first-order valence-electron chi connectivity index (χ1n) is 15.2. The Morgan fingerprint density at radius 1 is 1.05 bits per heavy atom. The van der Waals surface area contributed by atoms with Crippen molar-refractivity contribution < 1.29 is 33.0 Å². The minimum absolute atomic E-state index is 0.0299. The number of hydrogen-bond acceptors (Lipinski definition) is 7. The normalized spacial score (nSPS) is 24.4. The van der Waals surface area contributed by atoms with Gasteiger partial charge in [0.1, 0.15) is 17.9 Å². The first kappa shape index (κ1) is 32.5. The minimum atomic E-state index is -2.48. The van der Waals surface area contributed by atoms with Crippen LogP contribution in [0, 0.1) is 11.8 Å². The van der Waals surface area contributed by atoms with E-state index >= 15 is 0 Å². The molecule has 1 aliphatic carbocycles. The smallest absolute Gasteiger partial charge is 0.416 e. The van der Waals surface area contributed by atoms with E-state index < -0.39 is 55.9 Å². The molecule has 1 aromatic rings. The number of amides is 3. The summed E-state index contributed by atoms with van der Waals surface area (Å²) in [5.74, 6) is -0.906. The Hall–Kier alpha value is -2.43. The summed E-state index contributed by atoms with van der Waals surface area (Å²) in [5, 5.41) is -0.156. The maximum atomic E-state index is 14.6. The Morgan fingerprint density at radius 2 is 1.67 bits per heavy atom. The number of hydrogen-bond donors (Lipinski definition) is 0. The Balaban J connectivity index is 1.75. The molecule has 3 amide bonds. The van der Waals surface area contributed by atoms with E-state index in [1.807, 2.05) is 65.0 Å². The van der Waals surface area contributed by atoms with Crippen LogP contribution in [0.4, 0.5) is 9.59 Å². The number of carbonyl (C=O) groups excluding carboxylic acids is 3. The van der Waals surface area contributed by atoms with E-state index in [-0.39, 0.29) is 30.1 Å². The van der Waals surface area contributed by atoms with E-state index in [4.69, 9.17) is 18.6 Å². The van der Waals surface area contributed by atoms with E-state index in [1.165, 1.54) is 4.90 Å². The lowest BCUT2D eigenvalue weighted by Gasteiger charge is -2.46. The average molecular weight is 603 g/mol. The molecule has 0 aromatic heterocycles. The molecule has 3 fully saturated rings. The number of ether oxygens (including phenoxy) is 3. The second-order valence-corrected chi connectivity index (χ2v) is 19.8. The maximum Gasteiger partial charge on any atom is 0.416 e. The molecule has 0 N–H and O–H groups in total. The van der Waals surface area contributed by atoms with Crippen LogP contribution in [0.2, 0.25) is 18.1 Å². The van der Waals surface area contributed by atoms with Gasteiger partial charge in [0.2, 0.25) is 5.91 Å². The Bertz CT molecular complexity index is 1150. The fraction of sp³-hybridized carbons (Fsp3) is 0.719. The standard InChI is InChI=1S/C32H50N2O7Si/c1-30(2,3)40-29(37)34-24(20-39-32(34,7)8)26(41-42(9,10)31(4,5)6)25(22-16-17-22)27(35)33-23(19-38-28(33)36)18-21-14-12-11-13-15-21/h11-15,22-26H,16-20H2,1-10H3/t23-,24-,25-,26+/m1/s1. The lowest BCUT2D eigenvalue weighted by Crippen LogP contribution is -2.61. The summed E-state index contributed by atoms with van der Waals surface area (Å²) < 4.78 is 24.6. The van der Waals surface area contributed by atoms with Crippen molar-refractivity contribution in [3.05, 3.63) is 35.9 Å². The second kappa shape index (κ2) is 11.6. The zero-order valence-corrected chi connectivity index (χ0v) is 28.1. The lowest BCUT2D eigenvalue weighted by atomic mass is 9.89. The molecule has 1 saturated carbocycles. The van der Waals surface area contributed by atoms with Gasteiger partial charge in [0.05, 0.1) is 30.7 Å². The van der Waals surface area contributed by atoms with Gasteiger partial charge in [-0.2, -0.15) is 0 Å². The van der Waals surface area contributed by atoms with Crippen molar-refractivity contribution in [3.63, 3.8) is 0 Å². The highest BCUT2D eigenvalue weighted by Gasteiger charge is 2.58. The zero-order chi connectivity index (χ0) is 31.3. The van der Waals surface area contributed by atoms with Crippen LogP contribution in [-0.4, -0.2) is 78.9 Å². The average Bonchev–Trinajstić information content (AvgIpc) is 3.53. The molecule has 0 spiro atoms. The third kappa shape index (κ3) is 7.02. The molecule has 9 nitrogen and oxygen atoms in total. The molecule has 234 valence electrons. The van der Waals surface area contributed by atoms with E-state index in [2.05, 4.69) is 33.9 Å². The van der Waals surface area contributed by atoms with Gasteiger partial charge in [-0.1, -0.05) is 51.1 Å². The van der Waals surface area contributed by atoms with Crippen molar-refractivity contribution in [1.82, 2.24) is 9.80 Å². The summed E-state index contributed by atoms with van der Waals surface area (Å²) in [6.45, 7) is 20.3. The van der Waals surface area contributed by atoms with Gasteiger partial charge in [-0.25, -0.2) is 14.5 Å². The Kier molecular flexibility index (Phi) is 8.95. The number of cyclic esters (lactones) is 1. The summed E-state index contributed by atoms with van der Waals surface area (Å²) in [5.41, 5.74) is -0.661. The SMILES string of the molecule is CC(C)(C)OC(=O)N1[C@@H]([C@H](O[Si](C)(C)C(C)(C)C)[C@H](C(=O)N2C(=O)OC[C@H]2Cc2ccccc2)C2CC2)COC1(C)C. The highest BCUT2D eigenvalue weighted by Crippen LogP contribution is 2.47. The van der Waals surface area contributed by atoms with Crippen molar-refractivity contribution in [2.75, 3.05) is 13.2 Å². The van der Waals surface area contributed by atoms with Crippen LogP contribution in [0.5, 0.6) is 0 Å². The van der Waals surface area contributed by atoms with Gasteiger partial charge in [-0.05, 0) is 83.5 Å². The second-order valence-electron chi connectivity index (χ2n) is 15.0. The zero-order valence-electron chi connectivity index (χ0n) is 27.1. The van der Waals surface area contributed by atoms with E-state index in [0.717, 1.165) is 18.4 Å². The van der Waals surface area contributed by atoms with E-state index in [1.54, 1.807) is 4.90 Å². The molecule has 4 atom stereocenters. The first-order chi connectivity index (χ1) is 19.3. The third-order valence-corrected chi connectivity index (χ3v) is 13.5. The summed E-state index contributed by atoms with van der Waals surface area (Å²) in [7, 11) is -2.48. The van der Waals surface area contributed by atoms with Crippen molar-refractivity contribution in [3.8, 4) is 0 Å². The van der Waals surface area contributed by atoms with Crippen LogP contribution in [0.1, 0.15) is 73.8 Å². The molecule has 2 saturated heterocycles. The number of carbonyl (C=O) groups is 3. The van der Waals surface area contributed by atoms with Gasteiger partial charge in [-0.3, -0.25) is 9.69 Å². The molecule has 4 rings (SSSR count). The molecule has 0 radical (unpaired) electrons. The molecule has 2 aliphatic heterocycles. The van der Waals surface area contributed by atoms with Crippen molar-refractivity contribution in [2.45, 2.75) is 122 Å². The number of imide groups is 1. The first-order valence-corrected chi connectivity index (χ1v) is 18.1. The van der Waals surface area contributed by atoms with Gasteiger partial charge in [0.25, 0.3) is 0 Å². The Morgan fingerprint density at radius 3 is 2.21 bits per heavy atom. The highest BCUT2D eigenvalue weighted by atomic mass is 28.4. The molecule has 0 unspecified atom stereocenters. The summed E-state index contributed by atoms with van der Waals surface area (Å²) in [6.07, 6.45) is 0.388. The van der Waals surface area contributed by atoms with Crippen LogP contribution in [0.25, 0.3) is 0 Å². The summed E-state index contributed by atoms with van der Waals surface area (Å²) in [4.78, 5) is 44.4. The molecular weight excluding hydrogens is 552 g/mol. The molecule has 0 bridgehead atoms. The predicted molar refractivity (Wildman–Crippen MR) is 162 cm³/mol. The number of benzene rings is 1. The predicted octanol–water partition coefficient (Wildman–Crippen LogP) is 6.37. The van der Waals surface area contributed by atoms with Crippen LogP contribution < -0.4 is 0 Å². The lowest BCUT2D eigenvalue weighted by molar-refractivity contribution is -0.140. The highest BCUT2D eigenvalue weighted by molar-refractivity contribution is 6.74. The third-order valence-electron chi connectivity index (χ3n) is 9.01. The largest absolute Gasteiger partial charge is 0.447 e. The maximum absolute atomic E-state index is 14.6. The van der Waals surface area contributed by atoms with Crippen LogP contribution in [0.3, 0.4) is 0 Å². The summed E-state index contributed by atoms with van der Waals surface area (Å²) in [6, 6.07) is 8.82. The molecule has 10 heteroatoms. The van der Waals surface area contributed by atoms with E-state index in [0.29, 0.717) is 6.42 Å². The summed E-state index contributed by atoms with van der Waals surface area (Å²) >= 11 is 0. The van der Waals surface area contributed by atoms with Crippen molar-refractivity contribution in [2.24, 2.45) is 11.8 Å². The van der Waals surface area contributed by atoms with Crippen molar-refractivity contribution in [1.29, 1.82) is 0 Å². The van der Waals surface area contributed by atoms with Crippen LogP contribution >= 0.6 is 0 Å². The van der Waals surface area contributed by atoms with Gasteiger partial charge in [0.15, 0.2) is 8.32 Å². The van der Waals surface area contributed by atoms with Crippen molar-refractivity contribution >= 4 is 26.4 Å². The van der Waals surface area contributed by atoms with Gasteiger partial charge < -0.3 is 18.6 Å². The fourth-order valence-electron chi connectivity index (χ4n) is 5.64. The van der Waals surface area contributed by atoms with Crippen LogP contribution in [-0.2, 0) is 29.9 Å². The Labute approximate surface area is 252 Å². The molecular formula is C32H50N2O7Si. The molecule has 3 aliphatic rings. The van der Waals surface area contributed by atoms with Crippen LogP contribution in [0.15, 0.2) is 30.3 Å². The van der Waals surface area contributed by atoms with Gasteiger partial charge in [-0.15, -0.1) is 0 Å². The number of nitrogens with zero attached hydrogens (tertiary/aromatic N) is 2. The topological polar surface area (TPSA) is 94.6 Å². The fourth-order valence-corrected chi connectivity index (χ4v) is 6.98. The monoisotopic (exact) mass is 602 g/mol. The van der Waals surface area contributed by atoms with E-state index in [9.17, 15) is 14.4 Å². The van der Waals surface area contributed by atoms with Gasteiger partial charge in [0, 0.05) is 0 Å². The molecule has 42 heavy (non-hydrogen) atoms. The molecule has 1 aromatic carbocycles.